The molecule has 0 aromatic heterocycles. The summed E-state index contributed by atoms with van der Waals surface area (Å²) in [6.07, 6.45) is 0. The Morgan fingerprint density at radius 2 is 1.87 bits per heavy atom. The van der Waals surface area contributed by atoms with Gasteiger partial charge in [-0.1, -0.05) is 35.3 Å². The quantitative estimate of drug-likeness (QED) is 0.771. The maximum Gasteiger partial charge on any atom is 0.251 e. The average molecular weight is 352 g/mol. The number of nitrogens with two attached hydrogens (primary N) is 2. The predicted molar refractivity (Wildman–Crippen MR) is 90.7 cm³/mol. The van der Waals surface area contributed by atoms with Crippen LogP contribution >= 0.6 is 23.2 Å². The molecule has 0 radical (unpaired) electrons. The van der Waals surface area contributed by atoms with Gasteiger partial charge in [0.05, 0.1) is 16.6 Å². The van der Waals surface area contributed by atoms with Crippen molar-refractivity contribution in [2.45, 2.75) is 6.04 Å². The lowest BCUT2D eigenvalue weighted by Gasteiger charge is -2.18. The van der Waals surface area contributed by atoms with Crippen LogP contribution in [0.4, 0.5) is 0 Å². The molecule has 7 heteroatoms. The number of amides is 2. The summed E-state index contributed by atoms with van der Waals surface area (Å²) in [4.78, 5) is 23.7. The molecular weight excluding hydrogens is 337 g/mol. The molecule has 0 bridgehead atoms. The van der Waals surface area contributed by atoms with E-state index in [4.69, 9.17) is 34.7 Å². The minimum absolute atomic E-state index is 0.0892. The van der Waals surface area contributed by atoms with E-state index in [1.54, 1.807) is 18.2 Å². The number of hydrogen-bond acceptors (Lipinski definition) is 3. The smallest absolute Gasteiger partial charge is 0.251 e. The van der Waals surface area contributed by atoms with Gasteiger partial charge in [0.2, 0.25) is 5.91 Å². The van der Waals surface area contributed by atoms with E-state index in [1.807, 2.05) is 6.07 Å². The largest absolute Gasteiger partial charge is 0.366 e. The molecule has 0 fully saturated rings. The van der Waals surface area contributed by atoms with E-state index in [-0.39, 0.29) is 28.6 Å². The number of nitrogens with one attached hydrogen (secondary N) is 1. The molecule has 0 aliphatic rings. The summed E-state index contributed by atoms with van der Waals surface area (Å²) in [6, 6.07) is 11.0. The number of halogens is 2. The van der Waals surface area contributed by atoms with Crippen LogP contribution in [0.2, 0.25) is 10.0 Å². The molecule has 0 heterocycles. The zero-order valence-corrected chi connectivity index (χ0v) is 13.6. The van der Waals surface area contributed by atoms with Gasteiger partial charge in [0, 0.05) is 17.1 Å². The summed E-state index contributed by atoms with van der Waals surface area (Å²) >= 11 is 11.8. The molecule has 0 aliphatic carbocycles. The van der Waals surface area contributed by atoms with Gasteiger partial charge < -0.3 is 16.8 Å². The maximum absolute atomic E-state index is 12.4. The monoisotopic (exact) mass is 351 g/mol. The van der Waals surface area contributed by atoms with Crippen LogP contribution in [-0.4, -0.2) is 18.4 Å². The summed E-state index contributed by atoms with van der Waals surface area (Å²) in [7, 11) is 0. The van der Waals surface area contributed by atoms with Crippen LogP contribution < -0.4 is 16.8 Å². The second-order valence-electron chi connectivity index (χ2n) is 4.88. The minimum Gasteiger partial charge on any atom is -0.366 e. The van der Waals surface area contributed by atoms with Gasteiger partial charge in [-0.2, -0.15) is 0 Å². The summed E-state index contributed by atoms with van der Waals surface area (Å²) in [5, 5.41) is 3.54. The van der Waals surface area contributed by atoms with Crippen molar-refractivity contribution >= 4 is 35.0 Å². The van der Waals surface area contributed by atoms with Gasteiger partial charge in [0.1, 0.15) is 0 Å². The summed E-state index contributed by atoms with van der Waals surface area (Å²) < 4.78 is 0. The van der Waals surface area contributed by atoms with Crippen molar-refractivity contribution in [1.29, 1.82) is 0 Å². The first-order valence-electron chi connectivity index (χ1n) is 6.78. The van der Waals surface area contributed by atoms with E-state index in [9.17, 15) is 9.59 Å². The number of benzene rings is 2. The van der Waals surface area contributed by atoms with Gasteiger partial charge in [0.15, 0.2) is 0 Å². The second-order valence-corrected chi connectivity index (χ2v) is 5.72. The van der Waals surface area contributed by atoms with E-state index in [1.165, 1.54) is 18.2 Å². The number of primary amides is 1. The highest BCUT2D eigenvalue weighted by atomic mass is 35.5. The lowest BCUT2D eigenvalue weighted by Crippen LogP contribution is -2.33. The topological polar surface area (TPSA) is 98.2 Å². The molecule has 0 saturated heterocycles. The molecule has 23 heavy (non-hydrogen) atoms. The third-order valence-electron chi connectivity index (χ3n) is 3.29. The molecule has 2 aromatic rings. The molecule has 0 aliphatic heterocycles. The standard InChI is InChI=1S/C16H15Cl2N3O2/c17-11-3-1-2-9(6-11)14(8-19)21-16(23)10-4-5-13(18)12(7-10)15(20)22/h1-7,14H,8,19H2,(H2,20,22)(H,21,23)/t14-/m1/s1. The Morgan fingerprint density at radius 1 is 1.13 bits per heavy atom. The van der Waals surface area contributed by atoms with Crippen molar-refractivity contribution in [3.8, 4) is 0 Å². The second kappa shape index (κ2) is 7.46. The van der Waals surface area contributed by atoms with Crippen molar-refractivity contribution in [3.63, 3.8) is 0 Å². The van der Waals surface area contributed by atoms with Crippen molar-refractivity contribution in [2.75, 3.05) is 6.54 Å². The normalized spacial score (nSPS) is 11.8. The summed E-state index contributed by atoms with van der Waals surface area (Å²) in [5.74, 6) is -1.09. The van der Waals surface area contributed by atoms with Gasteiger partial charge in [-0.05, 0) is 35.9 Å². The number of hydrogen-bond donors (Lipinski definition) is 3. The summed E-state index contributed by atoms with van der Waals surface area (Å²) in [5.41, 5.74) is 12.1. The van der Waals surface area contributed by atoms with E-state index in [0.29, 0.717) is 5.02 Å². The zero-order valence-electron chi connectivity index (χ0n) is 12.1. The molecular formula is C16H15Cl2N3O2. The number of rotatable bonds is 5. The van der Waals surface area contributed by atoms with Gasteiger partial charge >= 0.3 is 0 Å². The Kier molecular flexibility index (Phi) is 5.60. The van der Waals surface area contributed by atoms with Gasteiger partial charge in [-0.3, -0.25) is 9.59 Å². The van der Waals surface area contributed by atoms with Crippen molar-refractivity contribution in [1.82, 2.24) is 5.32 Å². The van der Waals surface area contributed by atoms with Crippen LogP contribution in [0.5, 0.6) is 0 Å². The van der Waals surface area contributed by atoms with Crippen molar-refractivity contribution in [2.24, 2.45) is 11.5 Å². The van der Waals surface area contributed by atoms with Gasteiger partial charge in [0.25, 0.3) is 5.91 Å². The number of carbonyl (C=O) groups excluding carboxylic acids is 2. The molecule has 2 amide bonds. The molecule has 5 N–H and O–H groups in total. The fourth-order valence-corrected chi connectivity index (χ4v) is 2.51. The van der Waals surface area contributed by atoms with Crippen LogP contribution in [0, 0.1) is 0 Å². The van der Waals surface area contributed by atoms with E-state index >= 15 is 0 Å². The molecule has 0 saturated carbocycles. The first-order chi connectivity index (χ1) is 10.9. The Labute approximate surface area is 143 Å². The van der Waals surface area contributed by atoms with Crippen LogP contribution in [-0.2, 0) is 0 Å². The van der Waals surface area contributed by atoms with Crippen molar-refractivity contribution < 1.29 is 9.59 Å². The fraction of sp³-hybridized carbons (Fsp3) is 0.125. The first kappa shape index (κ1) is 17.3. The van der Waals surface area contributed by atoms with Crippen molar-refractivity contribution in [3.05, 3.63) is 69.2 Å². The van der Waals surface area contributed by atoms with Crippen LogP contribution in [0.1, 0.15) is 32.3 Å². The van der Waals surface area contributed by atoms with E-state index in [2.05, 4.69) is 5.32 Å². The Hall–Kier alpha value is -2.08. The van der Waals surface area contributed by atoms with E-state index in [0.717, 1.165) is 5.56 Å². The maximum atomic E-state index is 12.4. The Morgan fingerprint density at radius 3 is 2.48 bits per heavy atom. The SMILES string of the molecule is NC[C@@H](NC(=O)c1ccc(Cl)c(C(N)=O)c1)c1cccc(Cl)c1. The Balaban J connectivity index is 2.23. The minimum atomic E-state index is -0.699. The van der Waals surface area contributed by atoms with Gasteiger partial charge in [-0.15, -0.1) is 0 Å². The molecule has 1 atom stereocenters. The first-order valence-corrected chi connectivity index (χ1v) is 7.53. The zero-order chi connectivity index (χ0) is 17.0. The molecule has 5 nitrogen and oxygen atoms in total. The third-order valence-corrected chi connectivity index (χ3v) is 3.85. The molecule has 2 rings (SSSR count). The summed E-state index contributed by atoms with van der Waals surface area (Å²) in [6.45, 7) is 0.197. The van der Waals surface area contributed by atoms with Gasteiger partial charge in [-0.25, -0.2) is 0 Å². The average Bonchev–Trinajstić information content (AvgIpc) is 2.52. The lowest BCUT2D eigenvalue weighted by molar-refractivity contribution is 0.0938. The third kappa shape index (κ3) is 4.22. The van der Waals surface area contributed by atoms with Crippen LogP contribution in [0.3, 0.4) is 0 Å². The molecule has 0 spiro atoms. The predicted octanol–water partition coefficient (Wildman–Crippen LogP) is 2.52. The molecule has 0 unspecified atom stereocenters. The van der Waals surface area contributed by atoms with Crippen LogP contribution in [0.25, 0.3) is 0 Å². The fourth-order valence-electron chi connectivity index (χ4n) is 2.10. The highest BCUT2D eigenvalue weighted by Gasteiger charge is 2.17. The molecule has 120 valence electrons. The number of carbonyl (C=O) groups is 2. The Bertz CT molecular complexity index is 750. The van der Waals surface area contributed by atoms with Crippen LogP contribution in [0.15, 0.2) is 42.5 Å². The van der Waals surface area contributed by atoms with E-state index < -0.39 is 11.9 Å². The highest BCUT2D eigenvalue weighted by molar-refractivity contribution is 6.34. The molecule has 2 aromatic carbocycles. The lowest BCUT2D eigenvalue weighted by atomic mass is 10.1. The highest BCUT2D eigenvalue weighted by Crippen LogP contribution is 2.20.